The van der Waals surface area contributed by atoms with Crippen molar-refractivity contribution in [1.29, 1.82) is 0 Å². The van der Waals surface area contributed by atoms with Crippen LogP contribution in [0.2, 0.25) is 0 Å². The number of amides is 2. The molecule has 0 radical (unpaired) electrons. The summed E-state index contributed by atoms with van der Waals surface area (Å²) in [6, 6.07) is 17.5. The summed E-state index contributed by atoms with van der Waals surface area (Å²) >= 11 is 0. The normalized spacial score (nSPS) is 14.1. The minimum absolute atomic E-state index is 0.0339. The van der Waals surface area contributed by atoms with Gasteiger partial charge in [-0.05, 0) is 56.1 Å². The lowest BCUT2D eigenvalue weighted by molar-refractivity contribution is -0.121. The predicted molar refractivity (Wildman–Crippen MR) is 128 cm³/mol. The minimum atomic E-state index is -0.119. The second-order valence-corrected chi connectivity index (χ2v) is 8.32. The highest BCUT2D eigenvalue weighted by molar-refractivity contribution is 5.94. The zero-order chi connectivity index (χ0) is 23.3. The number of nitrogens with one attached hydrogen (secondary N) is 2. The van der Waals surface area contributed by atoms with E-state index in [0.717, 1.165) is 43.9 Å². The van der Waals surface area contributed by atoms with Gasteiger partial charge in [0.25, 0.3) is 5.91 Å². The largest absolute Gasteiger partial charge is 0.492 e. The molecule has 1 aliphatic rings. The Balaban J connectivity index is 1.30. The third kappa shape index (κ3) is 8.86. The van der Waals surface area contributed by atoms with E-state index in [-0.39, 0.29) is 11.8 Å². The first-order valence-corrected chi connectivity index (χ1v) is 11.7. The Kier molecular flexibility index (Phi) is 10.2. The van der Waals surface area contributed by atoms with Crippen LogP contribution < -0.4 is 15.4 Å². The third-order valence-electron chi connectivity index (χ3n) is 5.82. The zero-order valence-electron chi connectivity index (χ0n) is 19.4. The quantitative estimate of drug-likeness (QED) is 0.483. The number of nitrogens with zero attached hydrogens (tertiary/aromatic N) is 1. The monoisotopic (exact) mass is 453 g/mol. The molecular weight excluding hydrogens is 418 g/mol. The van der Waals surface area contributed by atoms with Crippen molar-refractivity contribution in [2.45, 2.75) is 38.3 Å². The van der Waals surface area contributed by atoms with E-state index in [0.29, 0.717) is 44.1 Å². The maximum absolute atomic E-state index is 12.1. The molecule has 2 aromatic rings. The molecule has 33 heavy (non-hydrogen) atoms. The van der Waals surface area contributed by atoms with Gasteiger partial charge in [-0.1, -0.05) is 30.3 Å². The molecule has 0 aliphatic carbocycles. The number of hydrogen-bond donors (Lipinski definition) is 2. The van der Waals surface area contributed by atoms with Crippen molar-refractivity contribution >= 4 is 11.8 Å². The fraction of sp³-hybridized carbons (Fsp3) is 0.462. The number of carbonyl (C=O) groups is 2. The van der Waals surface area contributed by atoms with Gasteiger partial charge in [0.2, 0.25) is 5.91 Å². The van der Waals surface area contributed by atoms with E-state index in [1.54, 1.807) is 12.1 Å². The highest BCUT2D eigenvalue weighted by Crippen LogP contribution is 2.15. The first-order chi connectivity index (χ1) is 16.1. The second kappa shape index (κ2) is 13.6. The van der Waals surface area contributed by atoms with Gasteiger partial charge in [0, 0.05) is 50.9 Å². The highest BCUT2D eigenvalue weighted by Gasteiger charge is 2.18. The Morgan fingerprint density at radius 1 is 1.06 bits per heavy atom. The highest BCUT2D eigenvalue weighted by atomic mass is 16.5. The fourth-order valence-electron chi connectivity index (χ4n) is 3.79. The standard InChI is InChI=1S/C26H35N3O4/c1-29(23-12-16-32-17-13-23)15-18-33-24-10-5-7-21(19-24)20-28-25(30)11-6-14-27-26(31)22-8-3-2-4-9-22/h2-5,7-10,19,23H,6,11-18,20H2,1H3,(H,27,31)(H,28,30). The van der Waals surface area contributed by atoms with Gasteiger partial charge in [0.15, 0.2) is 0 Å². The van der Waals surface area contributed by atoms with Gasteiger partial charge >= 0.3 is 0 Å². The molecule has 3 rings (SSSR count). The van der Waals surface area contributed by atoms with Gasteiger partial charge in [-0.2, -0.15) is 0 Å². The first kappa shape index (κ1) is 24.7. The van der Waals surface area contributed by atoms with Crippen LogP contribution in [0.25, 0.3) is 0 Å². The molecule has 1 saturated heterocycles. The van der Waals surface area contributed by atoms with Crippen molar-refractivity contribution in [3.63, 3.8) is 0 Å². The summed E-state index contributed by atoms with van der Waals surface area (Å²) in [5.41, 5.74) is 1.62. The van der Waals surface area contributed by atoms with Crippen LogP contribution in [0, 0.1) is 0 Å². The number of hydrogen-bond acceptors (Lipinski definition) is 5. The molecule has 0 saturated carbocycles. The van der Waals surface area contributed by atoms with Crippen LogP contribution in [0.5, 0.6) is 5.75 Å². The molecule has 1 aliphatic heterocycles. The predicted octanol–water partition coefficient (Wildman–Crippen LogP) is 3.00. The van der Waals surface area contributed by atoms with Gasteiger partial charge in [-0.25, -0.2) is 0 Å². The molecule has 0 atom stereocenters. The van der Waals surface area contributed by atoms with E-state index in [4.69, 9.17) is 9.47 Å². The molecule has 178 valence electrons. The van der Waals surface area contributed by atoms with Gasteiger partial charge < -0.3 is 20.1 Å². The Morgan fingerprint density at radius 3 is 2.64 bits per heavy atom. The molecule has 0 bridgehead atoms. The average Bonchev–Trinajstić information content (AvgIpc) is 2.86. The second-order valence-electron chi connectivity index (χ2n) is 8.32. The van der Waals surface area contributed by atoms with Crippen molar-refractivity contribution in [3.05, 3.63) is 65.7 Å². The van der Waals surface area contributed by atoms with Gasteiger partial charge in [0.05, 0.1) is 0 Å². The van der Waals surface area contributed by atoms with Crippen LogP contribution in [0.4, 0.5) is 0 Å². The van der Waals surface area contributed by atoms with Crippen molar-refractivity contribution in [3.8, 4) is 5.75 Å². The molecule has 7 nitrogen and oxygen atoms in total. The Labute approximate surface area is 196 Å². The Bertz CT molecular complexity index is 869. The van der Waals surface area contributed by atoms with E-state index in [9.17, 15) is 9.59 Å². The van der Waals surface area contributed by atoms with Crippen molar-refractivity contribution < 1.29 is 19.1 Å². The zero-order valence-corrected chi connectivity index (χ0v) is 19.4. The lowest BCUT2D eigenvalue weighted by Crippen LogP contribution is -2.38. The lowest BCUT2D eigenvalue weighted by atomic mass is 10.1. The molecule has 1 fully saturated rings. The molecule has 2 amide bonds. The van der Waals surface area contributed by atoms with E-state index in [2.05, 4.69) is 22.6 Å². The molecule has 2 aromatic carbocycles. The van der Waals surface area contributed by atoms with Crippen molar-refractivity contribution in [2.75, 3.05) is 40.0 Å². The molecular formula is C26H35N3O4. The summed E-state index contributed by atoms with van der Waals surface area (Å²) in [4.78, 5) is 26.5. The van der Waals surface area contributed by atoms with E-state index in [1.165, 1.54) is 0 Å². The van der Waals surface area contributed by atoms with Crippen LogP contribution in [0.3, 0.4) is 0 Å². The lowest BCUT2D eigenvalue weighted by Gasteiger charge is -2.31. The smallest absolute Gasteiger partial charge is 0.251 e. The Morgan fingerprint density at radius 2 is 1.85 bits per heavy atom. The van der Waals surface area contributed by atoms with Gasteiger partial charge in [0.1, 0.15) is 12.4 Å². The molecule has 0 spiro atoms. The van der Waals surface area contributed by atoms with Crippen LogP contribution in [-0.4, -0.2) is 62.7 Å². The van der Waals surface area contributed by atoms with E-state index < -0.39 is 0 Å². The SMILES string of the molecule is CN(CCOc1cccc(CNC(=O)CCCNC(=O)c2ccccc2)c1)C1CCOCC1. The number of carbonyl (C=O) groups excluding carboxylic acids is 2. The molecule has 0 unspecified atom stereocenters. The number of rotatable bonds is 12. The Hall–Kier alpha value is -2.90. The molecule has 0 aromatic heterocycles. The van der Waals surface area contributed by atoms with Crippen LogP contribution in [-0.2, 0) is 16.1 Å². The first-order valence-electron chi connectivity index (χ1n) is 11.7. The summed E-state index contributed by atoms with van der Waals surface area (Å²) < 4.78 is 11.4. The molecule has 1 heterocycles. The minimum Gasteiger partial charge on any atom is -0.492 e. The van der Waals surface area contributed by atoms with Gasteiger partial charge in [-0.3, -0.25) is 14.5 Å². The molecule has 7 heteroatoms. The van der Waals surface area contributed by atoms with Crippen LogP contribution in [0.15, 0.2) is 54.6 Å². The van der Waals surface area contributed by atoms with E-state index in [1.807, 2.05) is 42.5 Å². The third-order valence-corrected chi connectivity index (χ3v) is 5.82. The number of ether oxygens (including phenoxy) is 2. The fourth-order valence-corrected chi connectivity index (χ4v) is 3.79. The average molecular weight is 454 g/mol. The summed E-state index contributed by atoms with van der Waals surface area (Å²) in [6.45, 7) is 4.09. The maximum atomic E-state index is 12.1. The topological polar surface area (TPSA) is 79.9 Å². The molecule has 2 N–H and O–H groups in total. The summed E-state index contributed by atoms with van der Waals surface area (Å²) in [7, 11) is 2.14. The van der Waals surface area contributed by atoms with Crippen molar-refractivity contribution in [2.24, 2.45) is 0 Å². The van der Waals surface area contributed by atoms with Crippen LogP contribution in [0.1, 0.15) is 41.6 Å². The number of likely N-dealkylation sites (N-methyl/N-ethyl adjacent to an activating group) is 1. The van der Waals surface area contributed by atoms with Crippen molar-refractivity contribution in [1.82, 2.24) is 15.5 Å². The van der Waals surface area contributed by atoms with Crippen LogP contribution >= 0.6 is 0 Å². The maximum Gasteiger partial charge on any atom is 0.251 e. The summed E-state index contributed by atoms with van der Waals surface area (Å²) in [5, 5.41) is 5.77. The van der Waals surface area contributed by atoms with E-state index >= 15 is 0 Å². The number of benzene rings is 2. The summed E-state index contributed by atoms with van der Waals surface area (Å²) in [6.07, 6.45) is 3.11. The summed E-state index contributed by atoms with van der Waals surface area (Å²) in [5.74, 6) is 0.658. The van der Waals surface area contributed by atoms with Gasteiger partial charge in [-0.15, -0.1) is 0 Å².